The van der Waals surface area contributed by atoms with Gasteiger partial charge in [-0.15, -0.1) is 0 Å². The van der Waals surface area contributed by atoms with Gasteiger partial charge in [0, 0.05) is 35.5 Å². The number of tetrazole rings is 1. The van der Waals surface area contributed by atoms with Crippen LogP contribution < -0.4 is 20.1 Å². The van der Waals surface area contributed by atoms with Gasteiger partial charge in [0.2, 0.25) is 12.7 Å². The second-order valence-electron chi connectivity index (χ2n) is 8.75. The van der Waals surface area contributed by atoms with Crippen molar-refractivity contribution in [2.45, 2.75) is 49.3 Å². The number of ether oxygens (including phenoxy) is 2. The highest BCUT2D eigenvalue weighted by Crippen LogP contribution is 2.43. The number of benzene rings is 1. The van der Waals surface area contributed by atoms with E-state index in [1.165, 1.54) is 11.8 Å². The first-order valence-corrected chi connectivity index (χ1v) is 13.5. The molecule has 0 radical (unpaired) electrons. The molecule has 188 valence electrons. The van der Waals surface area contributed by atoms with Crippen molar-refractivity contribution in [2.24, 2.45) is 5.92 Å². The molecular weight excluding hydrogens is 548 g/mol. The topological polar surface area (TPSA) is 135 Å². The van der Waals surface area contributed by atoms with Gasteiger partial charge in [-0.2, -0.15) is 0 Å². The number of aromatic nitrogens is 8. The molecular formula is C22H25BrN10O2S. The first-order chi connectivity index (χ1) is 17.6. The van der Waals surface area contributed by atoms with Crippen LogP contribution in [0.2, 0.25) is 0 Å². The summed E-state index contributed by atoms with van der Waals surface area (Å²) in [5, 5.41) is 12.7. The number of nitrogen functional groups attached to an aromatic ring is 1. The first kappa shape index (κ1) is 23.3. The van der Waals surface area contributed by atoms with Gasteiger partial charge in [-0.3, -0.25) is 0 Å². The summed E-state index contributed by atoms with van der Waals surface area (Å²) in [6.45, 7) is 5.75. The molecule has 0 atom stereocenters. The van der Waals surface area contributed by atoms with Crippen molar-refractivity contribution in [1.82, 2.24) is 39.7 Å². The summed E-state index contributed by atoms with van der Waals surface area (Å²) in [7, 11) is 0. The highest BCUT2D eigenvalue weighted by molar-refractivity contribution is 9.10. The minimum Gasteiger partial charge on any atom is -0.454 e. The summed E-state index contributed by atoms with van der Waals surface area (Å²) in [5.74, 6) is 4.04. The molecule has 1 aromatic heterocycles. The number of fused-ring (bicyclic) bond motifs is 2. The first-order valence-electron chi connectivity index (χ1n) is 11.9. The number of hydrogen-bond acceptors (Lipinski definition) is 11. The Bertz CT molecular complexity index is 1350. The van der Waals surface area contributed by atoms with Gasteiger partial charge in [0.05, 0.1) is 6.33 Å². The van der Waals surface area contributed by atoms with E-state index in [1.54, 1.807) is 6.33 Å². The average molecular weight is 573 g/mol. The number of imidazole rings is 1. The Hall–Kier alpha value is -3.13. The van der Waals surface area contributed by atoms with Gasteiger partial charge in [0.15, 0.2) is 34.0 Å². The van der Waals surface area contributed by atoms with Crippen molar-refractivity contribution in [1.29, 1.82) is 0 Å². The monoisotopic (exact) mass is 572 g/mol. The van der Waals surface area contributed by atoms with Crippen molar-refractivity contribution < 1.29 is 9.47 Å². The van der Waals surface area contributed by atoms with E-state index >= 15 is 0 Å². The lowest BCUT2D eigenvalue weighted by atomic mass is 9.93. The standard InChI is InChI=1S/C22H25BrN10O2S/c1-2-33-22(28-29-30-33)31-6-3-13(4-7-31)5-8-32-11-25-19(24)18-20(32)27-21(26-18)36-17-10-16-15(9-14(17)23)34-12-35-16/h9-11,13H,2-8,12,24H2,1H3. The lowest BCUT2D eigenvalue weighted by Crippen LogP contribution is -2.36. The second-order valence-corrected chi connectivity index (χ2v) is 10.6. The van der Waals surface area contributed by atoms with Crippen LogP contribution >= 0.6 is 27.7 Å². The molecule has 0 unspecified atom stereocenters. The third kappa shape index (κ3) is 4.43. The fourth-order valence-electron chi connectivity index (χ4n) is 4.59. The fourth-order valence-corrected chi connectivity index (χ4v) is 5.95. The van der Waals surface area contributed by atoms with Crippen LogP contribution in [0.3, 0.4) is 0 Å². The Labute approximate surface area is 220 Å². The van der Waals surface area contributed by atoms with Crippen molar-refractivity contribution in [2.75, 3.05) is 30.5 Å². The molecule has 12 nitrogen and oxygen atoms in total. The average Bonchev–Trinajstić information content (AvgIpc) is 3.64. The number of aryl methyl sites for hydroxylation is 2. The maximum absolute atomic E-state index is 6.15. The van der Waals surface area contributed by atoms with E-state index in [0.29, 0.717) is 28.3 Å². The van der Waals surface area contributed by atoms with E-state index in [1.807, 2.05) is 16.8 Å². The molecule has 0 spiro atoms. The molecule has 2 aromatic rings. The van der Waals surface area contributed by atoms with Crippen molar-refractivity contribution in [3.05, 3.63) is 22.9 Å². The van der Waals surface area contributed by atoms with Crippen LogP contribution in [0.1, 0.15) is 26.2 Å². The zero-order valence-electron chi connectivity index (χ0n) is 19.7. The predicted molar refractivity (Wildman–Crippen MR) is 136 cm³/mol. The SMILES string of the molecule is CCn1nnnc1N1CCC(CCn2cnc(N)c3nc(Sc4cc5c(cc4Br)OCO5)nc2-3)CC1. The van der Waals surface area contributed by atoms with Gasteiger partial charge in [-0.05, 0) is 82.4 Å². The van der Waals surface area contributed by atoms with E-state index < -0.39 is 0 Å². The van der Waals surface area contributed by atoms with Crippen LogP contribution in [0.5, 0.6) is 11.5 Å². The minimum atomic E-state index is 0.228. The maximum Gasteiger partial charge on any atom is 0.245 e. The minimum absolute atomic E-state index is 0.228. The van der Waals surface area contributed by atoms with E-state index in [0.717, 1.165) is 72.3 Å². The zero-order chi connectivity index (χ0) is 24.6. The Morgan fingerprint density at radius 2 is 1.97 bits per heavy atom. The summed E-state index contributed by atoms with van der Waals surface area (Å²) in [6, 6.07) is 3.83. The summed E-state index contributed by atoms with van der Waals surface area (Å²) in [5.41, 5.74) is 6.78. The number of hydrogen-bond donors (Lipinski definition) is 1. The maximum atomic E-state index is 6.15. The predicted octanol–water partition coefficient (Wildman–Crippen LogP) is 3.32. The van der Waals surface area contributed by atoms with Crippen LogP contribution in [0, 0.1) is 5.92 Å². The number of halogens is 1. The molecule has 0 bridgehead atoms. The van der Waals surface area contributed by atoms with E-state index in [-0.39, 0.29) is 6.79 Å². The Kier molecular flexibility index (Phi) is 6.29. The summed E-state index contributed by atoms with van der Waals surface area (Å²) < 4.78 is 15.8. The number of nitrogens with two attached hydrogens (primary N) is 1. The van der Waals surface area contributed by atoms with Gasteiger partial charge >= 0.3 is 0 Å². The second kappa shape index (κ2) is 9.73. The van der Waals surface area contributed by atoms with Crippen LogP contribution in [-0.4, -0.2) is 59.6 Å². The third-order valence-electron chi connectivity index (χ3n) is 6.59. The number of rotatable bonds is 7. The van der Waals surface area contributed by atoms with Gasteiger partial charge in [-0.25, -0.2) is 19.6 Å². The van der Waals surface area contributed by atoms with Gasteiger partial charge < -0.3 is 24.7 Å². The van der Waals surface area contributed by atoms with Crippen LogP contribution in [0.25, 0.3) is 11.5 Å². The van der Waals surface area contributed by atoms with Crippen molar-refractivity contribution in [3.63, 3.8) is 0 Å². The highest BCUT2D eigenvalue weighted by Gasteiger charge is 2.25. The number of anilines is 2. The van der Waals surface area contributed by atoms with E-state index in [9.17, 15) is 0 Å². The molecule has 2 N–H and O–H groups in total. The molecule has 1 saturated heterocycles. The molecule has 0 amide bonds. The van der Waals surface area contributed by atoms with Crippen LogP contribution in [0.15, 0.2) is 33.0 Å². The summed E-state index contributed by atoms with van der Waals surface area (Å²) >= 11 is 5.05. The largest absolute Gasteiger partial charge is 0.454 e. The smallest absolute Gasteiger partial charge is 0.245 e. The lowest BCUT2D eigenvalue weighted by Gasteiger charge is -2.32. The molecule has 36 heavy (non-hydrogen) atoms. The molecule has 4 aliphatic rings. The number of nitrogens with zero attached hydrogens (tertiary/aromatic N) is 9. The van der Waals surface area contributed by atoms with E-state index in [2.05, 4.69) is 57.8 Å². The Morgan fingerprint density at radius 3 is 2.78 bits per heavy atom. The zero-order valence-corrected chi connectivity index (χ0v) is 22.1. The quantitative estimate of drug-likeness (QED) is 0.349. The lowest BCUT2D eigenvalue weighted by molar-refractivity contribution is 0.174. The molecule has 1 fully saturated rings. The third-order valence-corrected chi connectivity index (χ3v) is 8.43. The molecule has 0 saturated carbocycles. The van der Waals surface area contributed by atoms with Crippen molar-refractivity contribution in [3.8, 4) is 23.0 Å². The normalized spacial score (nSPS) is 15.8. The number of piperidine rings is 1. The molecule has 4 aliphatic heterocycles. The summed E-state index contributed by atoms with van der Waals surface area (Å²) in [6.07, 6.45) is 4.98. The van der Waals surface area contributed by atoms with Gasteiger partial charge in [-0.1, -0.05) is 5.10 Å². The Morgan fingerprint density at radius 1 is 1.17 bits per heavy atom. The van der Waals surface area contributed by atoms with Gasteiger partial charge in [0.25, 0.3) is 0 Å². The molecule has 14 heteroatoms. The fraction of sp³-hybridized carbons (Fsp3) is 0.455. The summed E-state index contributed by atoms with van der Waals surface area (Å²) in [4.78, 5) is 17.1. The molecule has 0 aliphatic carbocycles. The Balaban J connectivity index is 1.13. The van der Waals surface area contributed by atoms with Crippen LogP contribution in [0.4, 0.5) is 11.8 Å². The van der Waals surface area contributed by atoms with Gasteiger partial charge in [0.1, 0.15) is 0 Å². The molecule has 6 rings (SSSR count). The highest BCUT2D eigenvalue weighted by atomic mass is 79.9. The van der Waals surface area contributed by atoms with Crippen LogP contribution in [-0.2, 0) is 13.1 Å². The molecule has 1 aromatic carbocycles. The van der Waals surface area contributed by atoms with E-state index in [4.69, 9.17) is 20.2 Å². The molecule has 5 heterocycles. The van der Waals surface area contributed by atoms with Crippen molar-refractivity contribution >= 4 is 39.5 Å².